The molecule has 0 fully saturated rings. The van der Waals surface area contributed by atoms with E-state index in [9.17, 15) is 14.9 Å². The number of nitrogens with one attached hydrogen (secondary N) is 1. The first-order chi connectivity index (χ1) is 16.9. The summed E-state index contributed by atoms with van der Waals surface area (Å²) in [5.74, 6) is 2.21. The van der Waals surface area contributed by atoms with E-state index >= 15 is 0 Å². The summed E-state index contributed by atoms with van der Waals surface area (Å²) in [6.07, 6.45) is 1.84. The highest BCUT2D eigenvalue weighted by Crippen LogP contribution is 2.46. The Bertz CT molecular complexity index is 1380. The molecule has 3 aromatic rings. The summed E-state index contributed by atoms with van der Waals surface area (Å²) >= 11 is 0. The van der Waals surface area contributed by atoms with Crippen molar-refractivity contribution in [3.63, 3.8) is 0 Å². The van der Waals surface area contributed by atoms with Gasteiger partial charge < -0.3 is 19.5 Å². The summed E-state index contributed by atoms with van der Waals surface area (Å²) in [5.41, 5.74) is 2.46. The van der Waals surface area contributed by atoms with Gasteiger partial charge in [-0.3, -0.25) is 14.9 Å². The SMILES string of the molecule is COc1cc(OC)c(C2C3=C(CCCC3=O)Nc3nc(-c4cccc([N+](=O)[O-])c4)nn32)cc1OC. The van der Waals surface area contributed by atoms with E-state index in [1.165, 1.54) is 26.4 Å². The topological polar surface area (TPSA) is 131 Å². The molecule has 1 aromatic heterocycles. The molecule has 2 heterocycles. The van der Waals surface area contributed by atoms with Crippen molar-refractivity contribution in [3.8, 4) is 28.6 Å². The fourth-order valence-corrected chi connectivity index (χ4v) is 4.59. The van der Waals surface area contributed by atoms with Gasteiger partial charge in [-0.25, -0.2) is 4.68 Å². The van der Waals surface area contributed by atoms with Crippen molar-refractivity contribution in [1.82, 2.24) is 14.8 Å². The summed E-state index contributed by atoms with van der Waals surface area (Å²) in [6, 6.07) is 8.98. The third-order valence-corrected chi connectivity index (χ3v) is 6.21. The molecule has 11 heteroatoms. The molecular weight excluding hydrogens is 454 g/mol. The summed E-state index contributed by atoms with van der Waals surface area (Å²) in [7, 11) is 4.61. The van der Waals surface area contributed by atoms with Crippen LogP contribution in [0.25, 0.3) is 11.4 Å². The van der Waals surface area contributed by atoms with Gasteiger partial charge in [0.15, 0.2) is 23.1 Å². The number of nitro groups is 1. The fourth-order valence-electron chi connectivity index (χ4n) is 4.59. The standard InChI is InChI=1S/C24H23N5O6/c1-33-18-12-20(35-3)19(34-2)11-15(18)22-21-16(8-5-9-17(21)30)25-24-26-23(27-28(22)24)13-6-4-7-14(10-13)29(31)32/h4,6-7,10-12,22H,5,8-9H2,1-3H3,(H,25,26,27). The quantitative estimate of drug-likeness (QED) is 0.415. The number of nitro benzene ring substituents is 1. The monoisotopic (exact) mass is 477 g/mol. The van der Waals surface area contributed by atoms with Crippen molar-refractivity contribution >= 4 is 17.4 Å². The van der Waals surface area contributed by atoms with E-state index in [4.69, 9.17) is 14.2 Å². The van der Waals surface area contributed by atoms with Gasteiger partial charge in [-0.1, -0.05) is 12.1 Å². The number of benzene rings is 2. The molecule has 5 rings (SSSR count). The highest BCUT2D eigenvalue weighted by Gasteiger charge is 2.39. The maximum absolute atomic E-state index is 13.2. The van der Waals surface area contributed by atoms with E-state index < -0.39 is 11.0 Å². The Morgan fingerprint density at radius 2 is 1.80 bits per heavy atom. The number of hydrogen-bond acceptors (Lipinski definition) is 9. The highest BCUT2D eigenvalue weighted by atomic mass is 16.6. The van der Waals surface area contributed by atoms with Gasteiger partial charge in [-0.2, -0.15) is 4.98 Å². The Kier molecular flexibility index (Phi) is 5.59. The zero-order valence-electron chi connectivity index (χ0n) is 19.4. The number of methoxy groups -OCH3 is 3. The molecule has 0 spiro atoms. The molecular formula is C24H23N5O6. The molecule has 180 valence electrons. The molecule has 0 saturated carbocycles. The molecule has 1 aliphatic heterocycles. The number of anilines is 1. The lowest BCUT2D eigenvalue weighted by Crippen LogP contribution is -2.31. The predicted octanol–water partition coefficient (Wildman–Crippen LogP) is 3.90. The minimum absolute atomic E-state index is 0.0126. The third kappa shape index (κ3) is 3.74. The number of nitrogens with zero attached hydrogens (tertiary/aromatic N) is 4. The van der Waals surface area contributed by atoms with Crippen LogP contribution in [0.1, 0.15) is 30.9 Å². The van der Waals surface area contributed by atoms with Crippen LogP contribution in [0.5, 0.6) is 17.2 Å². The maximum Gasteiger partial charge on any atom is 0.270 e. The number of rotatable bonds is 6. The molecule has 0 bridgehead atoms. The number of ketones is 1. The first-order valence-corrected chi connectivity index (χ1v) is 11.0. The Balaban J connectivity index is 1.72. The Hall–Kier alpha value is -4.41. The lowest BCUT2D eigenvalue weighted by molar-refractivity contribution is -0.384. The number of carbonyl (C=O) groups excluding carboxylic acids is 1. The van der Waals surface area contributed by atoms with Crippen LogP contribution in [0.3, 0.4) is 0 Å². The van der Waals surface area contributed by atoms with E-state index in [1.807, 2.05) is 0 Å². The van der Waals surface area contributed by atoms with Crippen LogP contribution in [-0.4, -0.2) is 46.8 Å². The lowest BCUT2D eigenvalue weighted by Gasteiger charge is -2.33. The lowest BCUT2D eigenvalue weighted by atomic mass is 9.85. The molecule has 0 amide bonds. The normalized spacial score (nSPS) is 16.8. The molecule has 2 aliphatic rings. The zero-order valence-corrected chi connectivity index (χ0v) is 19.4. The average Bonchev–Trinajstić information content (AvgIpc) is 3.30. The number of ether oxygens (including phenoxy) is 3. The molecule has 35 heavy (non-hydrogen) atoms. The Labute approximate surface area is 200 Å². The van der Waals surface area contributed by atoms with Gasteiger partial charge in [-0.05, 0) is 18.9 Å². The molecule has 11 nitrogen and oxygen atoms in total. The molecule has 1 unspecified atom stereocenters. The van der Waals surface area contributed by atoms with E-state index in [1.54, 1.807) is 36.1 Å². The molecule has 0 saturated heterocycles. The molecule has 1 atom stereocenters. The van der Waals surface area contributed by atoms with Crippen molar-refractivity contribution in [2.45, 2.75) is 25.3 Å². The number of carbonyl (C=O) groups is 1. The second kappa shape index (κ2) is 8.75. The van der Waals surface area contributed by atoms with Crippen molar-refractivity contribution in [2.24, 2.45) is 0 Å². The van der Waals surface area contributed by atoms with Crippen molar-refractivity contribution < 1.29 is 23.9 Å². The van der Waals surface area contributed by atoms with Crippen LogP contribution in [0.15, 0.2) is 47.7 Å². The second-order valence-electron chi connectivity index (χ2n) is 8.16. The number of allylic oxidation sites excluding steroid dienone is 2. The highest BCUT2D eigenvalue weighted by molar-refractivity contribution is 5.99. The molecule has 0 radical (unpaired) electrons. The van der Waals surface area contributed by atoms with Gasteiger partial charge in [0.2, 0.25) is 5.95 Å². The summed E-state index contributed by atoms with van der Waals surface area (Å²) in [4.78, 5) is 28.6. The zero-order chi connectivity index (χ0) is 24.7. The van der Waals surface area contributed by atoms with Crippen molar-refractivity contribution in [2.75, 3.05) is 26.6 Å². The smallest absolute Gasteiger partial charge is 0.270 e. The molecule has 1 N–H and O–H groups in total. The summed E-state index contributed by atoms with van der Waals surface area (Å²) in [5, 5.41) is 19.2. The van der Waals surface area contributed by atoms with Crippen LogP contribution in [0.2, 0.25) is 0 Å². The van der Waals surface area contributed by atoms with E-state index in [0.29, 0.717) is 58.6 Å². The number of non-ortho nitro benzene ring substituents is 1. The van der Waals surface area contributed by atoms with Gasteiger partial charge in [0.25, 0.3) is 5.69 Å². The first kappa shape index (κ1) is 22.4. The fraction of sp³-hybridized carbons (Fsp3) is 0.292. The van der Waals surface area contributed by atoms with Crippen LogP contribution < -0.4 is 19.5 Å². The number of aromatic nitrogens is 3. The molecule has 1 aliphatic carbocycles. The van der Waals surface area contributed by atoms with Gasteiger partial charge in [0, 0.05) is 47.0 Å². The van der Waals surface area contributed by atoms with Crippen LogP contribution in [0, 0.1) is 10.1 Å². The van der Waals surface area contributed by atoms with Crippen molar-refractivity contribution in [1.29, 1.82) is 0 Å². The van der Waals surface area contributed by atoms with Gasteiger partial charge >= 0.3 is 0 Å². The second-order valence-corrected chi connectivity index (χ2v) is 8.16. The van der Waals surface area contributed by atoms with E-state index in [0.717, 1.165) is 12.1 Å². The number of fused-ring (bicyclic) bond motifs is 1. The van der Waals surface area contributed by atoms with Crippen LogP contribution >= 0.6 is 0 Å². The van der Waals surface area contributed by atoms with Gasteiger partial charge in [-0.15, -0.1) is 5.10 Å². The summed E-state index contributed by atoms with van der Waals surface area (Å²) < 4.78 is 18.2. The van der Waals surface area contributed by atoms with Gasteiger partial charge in [0.05, 0.1) is 26.3 Å². The minimum Gasteiger partial charge on any atom is -0.496 e. The third-order valence-electron chi connectivity index (χ3n) is 6.21. The Morgan fingerprint density at radius 1 is 1.06 bits per heavy atom. The number of hydrogen-bond donors (Lipinski definition) is 1. The first-order valence-electron chi connectivity index (χ1n) is 11.0. The van der Waals surface area contributed by atoms with Gasteiger partial charge in [0.1, 0.15) is 11.8 Å². The van der Waals surface area contributed by atoms with Crippen molar-refractivity contribution in [3.05, 3.63) is 63.3 Å². The van der Waals surface area contributed by atoms with Crippen LogP contribution in [0.4, 0.5) is 11.6 Å². The van der Waals surface area contributed by atoms with E-state index in [-0.39, 0.29) is 11.5 Å². The van der Waals surface area contributed by atoms with Crippen LogP contribution in [-0.2, 0) is 4.79 Å². The largest absolute Gasteiger partial charge is 0.496 e. The Morgan fingerprint density at radius 3 is 2.51 bits per heavy atom. The summed E-state index contributed by atoms with van der Waals surface area (Å²) in [6.45, 7) is 0. The van der Waals surface area contributed by atoms with E-state index in [2.05, 4.69) is 15.4 Å². The number of Topliss-reactive ketones (excluding diaryl/α,β-unsaturated/α-hetero) is 1. The predicted molar refractivity (Wildman–Crippen MR) is 126 cm³/mol. The molecule has 2 aromatic carbocycles. The average molecular weight is 477 g/mol. The maximum atomic E-state index is 13.2. The minimum atomic E-state index is -0.635.